The fraction of sp³-hybridized carbons (Fsp3) is 0.440. The highest BCUT2D eigenvalue weighted by Crippen LogP contribution is 2.42. The number of aryl methyl sites for hydroxylation is 1. The minimum absolute atomic E-state index is 0.198. The van der Waals surface area contributed by atoms with Crippen LogP contribution in [0.15, 0.2) is 36.4 Å². The van der Waals surface area contributed by atoms with Crippen LogP contribution in [0.3, 0.4) is 0 Å². The van der Waals surface area contributed by atoms with Gasteiger partial charge in [-0.1, -0.05) is 18.9 Å². The molecule has 2 aromatic rings. The Morgan fingerprint density at radius 1 is 1.03 bits per heavy atom. The molecule has 170 valence electrons. The number of ether oxygens (including phenoxy) is 2. The van der Waals surface area contributed by atoms with Crippen LogP contribution in [0.1, 0.15) is 49.7 Å². The molecule has 0 aromatic heterocycles. The van der Waals surface area contributed by atoms with Crippen molar-refractivity contribution in [3.63, 3.8) is 0 Å². The largest absolute Gasteiger partial charge is 0.493 e. The zero-order valence-corrected chi connectivity index (χ0v) is 19.8. The summed E-state index contributed by atoms with van der Waals surface area (Å²) in [4.78, 5) is 14.0. The number of methoxy groups -OCH3 is 2. The van der Waals surface area contributed by atoms with E-state index < -0.39 is 0 Å². The third-order valence-electron chi connectivity index (χ3n) is 6.56. The Hall–Kier alpha value is -2.80. The number of anilines is 2. The third-order valence-corrected chi connectivity index (χ3v) is 6.77. The molecular weight excluding hydrogens is 422 g/mol. The molecule has 1 aliphatic heterocycles. The maximum atomic E-state index is 12.1. The molecule has 32 heavy (non-hydrogen) atoms. The fourth-order valence-electron chi connectivity index (χ4n) is 4.92. The highest BCUT2D eigenvalue weighted by molar-refractivity contribution is 7.80. The van der Waals surface area contributed by atoms with Gasteiger partial charge in [0.15, 0.2) is 16.6 Å². The lowest BCUT2D eigenvalue weighted by Gasteiger charge is -2.33. The quantitative estimate of drug-likeness (QED) is 0.607. The Morgan fingerprint density at radius 3 is 2.41 bits per heavy atom. The van der Waals surface area contributed by atoms with Gasteiger partial charge in [-0.15, -0.1) is 0 Å². The summed E-state index contributed by atoms with van der Waals surface area (Å²) in [7, 11) is 3.30. The van der Waals surface area contributed by atoms with Gasteiger partial charge in [-0.3, -0.25) is 4.79 Å². The van der Waals surface area contributed by atoms with Crippen LogP contribution >= 0.6 is 12.2 Å². The molecule has 2 aromatic carbocycles. The van der Waals surface area contributed by atoms with E-state index in [2.05, 4.69) is 16.7 Å². The van der Waals surface area contributed by atoms with E-state index >= 15 is 0 Å². The summed E-state index contributed by atoms with van der Waals surface area (Å²) in [6.45, 7) is 2.82. The van der Waals surface area contributed by atoms with Crippen molar-refractivity contribution in [2.45, 2.75) is 51.0 Å². The van der Waals surface area contributed by atoms with Crippen molar-refractivity contribution in [1.29, 1.82) is 0 Å². The lowest BCUT2D eigenvalue weighted by molar-refractivity contribution is -0.117. The van der Waals surface area contributed by atoms with E-state index in [9.17, 15) is 4.79 Å². The molecule has 2 aliphatic rings. The van der Waals surface area contributed by atoms with Gasteiger partial charge in [0.1, 0.15) is 0 Å². The minimum Gasteiger partial charge on any atom is -0.493 e. The van der Waals surface area contributed by atoms with Crippen molar-refractivity contribution in [1.82, 2.24) is 5.32 Å². The van der Waals surface area contributed by atoms with Crippen molar-refractivity contribution < 1.29 is 14.3 Å². The summed E-state index contributed by atoms with van der Waals surface area (Å²) in [5.74, 6) is 1.64. The summed E-state index contributed by atoms with van der Waals surface area (Å²) in [6.07, 6.45) is 5.83. The lowest BCUT2D eigenvalue weighted by Crippen LogP contribution is -2.45. The molecule has 0 radical (unpaired) electrons. The average Bonchev–Trinajstić information content (AvgIpc) is 3.43. The summed E-state index contributed by atoms with van der Waals surface area (Å²) >= 11 is 5.71. The maximum Gasteiger partial charge on any atom is 0.227 e. The number of nitrogens with zero attached hydrogens (tertiary/aromatic N) is 1. The first-order valence-electron chi connectivity index (χ1n) is 11.2. The van der Waals surface area contributed by atoms with Crippen LogP contribution in [0.2, 0.25) is 0 Å². The zero-order valence-electron chi connectivity index (χ0n) is 19.0. The number of hydrogen-bond donors (Lipinski definition) is 2. The molecule has 1 saturated carbocycles. The molecule has 0 spiro atoms. The molecule has 0 atom stereocenters. The highest BCUT2D eigenvalue weighted by Gasteiger charge is 2.37. The van der Waals surface area contributed by atoms with E-state index in [-0.39, 0.29) is 11.4 Å². The van der Waals surface area contributed by atoms with Crippen molar-refractivity contribution in [3.8, 4) is 11.5 Å². The SMILES string of the molecule is COc1ccc(C2(NC(=S)Nc3ccc(N4CCCC4=O)c(C)c3)CCCC2)cc1OC. The number of carbonyl (C=O) groups is 1. The predicted octanol–water partition coefficient (Wildman–Crippen LogP) is 4.89. The summed E-state index contributed by atoms with van der Waals surface area (Å²) in [5.41, 5.74) is 3.87. The van der Waals surface area contributed by atoms with Gasteiger partial charge in [-0.2, -0.15) is 0 Å². The van der Waals surface area contributed by atoms with Gasteiger partial charge >= 0.3 is 0 Å². The van der Waals surface area contributed by atoms with Gasteiger partial charge in [0.25, 0.3) is 0 Å². The van der Waals surface area contributed by atoms with Crippen LogP contribution < -0.4 is 25.0 Å². The van der Waals surface area contributed by atoms with Gasteiger partial charge in [-0.05, 0) is 79.9 Å². The molecule has 1 saturated heterocycles. The number of hydrogen-bond acceptors (Lipinski definition) is 4. The van der Waals surface area contributed by atoms with Gasteiger partial charge in [0.2, 0.25) is 5.91 Å². The van der Waals surface area contributed by atoms with Crippen molar-refractivity contribution in [3.05, 3.63) is 47.5 Å². The van der Waals surface area contributed by atoms with Crippen molar-refractivity contribution >= 4 is 34.6 Å². The zero-order chi connectivity index (χ0) is 22.7. The Balaban J connectivity index is 1.51. The van der Waals surface area contributed by atoms with Crippen LogP contribution in [0, 0.1) is 6.92 Å². The Morgan fingerprint density at radius 2 is 1.78 bits per heavy atom. The van der Waals surface area contributed by atoms with Crippen LogP contribution in [-0.4, -0.2) is 31.8 Å². The molecule has 0 bridgehead atoms. The third kappa shape index (κ3) is 4.39. The Kier molecular flexibility index (Phi) is 6.55. The summed E-state index contributed by atoms with van der Waals surface area (Å²) in [6, 6.07) is 12.1. The first kappa shape index (κ1) is 22.4. The second kappa shape index (κ2) is 9.36. The molecule has 2 fully saturated rings. The maximum absolute atomic E-state index is 12.1. The molecule has 1 aliphatic carbocycles. The number of amides is 1. The lowest BCUT2D eigenvalue weighted by atomic mass is 9.88. The minimum atomic E-state index is -0.236. The monoisotopic (exact) mass is 453 g/mol. The standard InChI is InChI=1S/C25H31N3O3S/c1-17-15-19(9-10-20(17)28-14-6-7-23(28)29)26-24(32)27-25(12-4-5-13-25)18-8-11-21(30-2)22(16-18)31-3/h8-11,15-16H,4-7,12-14H2,1-3H3,(H2,26,27,32). The molecule has 7 heteroatoms. The van der Waals surface area contributed by atoms with Crippen molar-refractivity contribution in [2.75, 3.05) is 31.0 Å². The van der Waals surface area contributed by atoms with Gasteiger partial charge < -0.3 is 25.0 Å². The molecule has 1 amide bonds. The molecule has 1 heterocycles. The first-order chi connectivity index (χ1) is 15.5. The number of carbonyl (C=O) groups excluding carboxylic acids is 1. The molecule has 6 nitrogen and oxygen atoms in total. The average molecular weight is 454 g/mol. The van der Waals surface area contributed by atoms with Gasteiger partial charge in [0, 0.05) is 24.3 Å². The normalized spacial score (nSPS) is 17.3. The number of thiocarbonyl (C=S) groups is 1. The first-order valence-corrected chi connectivity index (χ1v) is 11.6. The second-order valence-corrected chi connectivity index (χ2v) is 9.00. The highest BCUT2D eigenvalue weighted by atomic mass is 32.1. The van der Waals surface area contributed by atoms with Crippen molar-refractivity contribution in [2.24, 2.45) is 0 Å². The molecule has 4 rings (SSSR count). The molecular formula is C25H31N3O3S. The molecule has 2 N–H and O–H groups in total. The van der Waals surface area contributed by atoms with E-state index in [1.54, 1.807) is 14.2 Å². The predicted molar refractivity (Wildman–Crippen MR) is 132 cm³/mol. The molecule has 0 unspecified atom stereocenters. The number of benzene rings is 2. The van der Waals surface area contributed by atoms with E-state index in [0.29, 0.717) is 11.5 Å². The smallest absolute Gasteiger partial charge is 0.227 e. The van der Waals surface area contributed by atoms with Gasteiger partial charge in [0.05, 0.1) is 19.8 Å². The summed E-state index contributed by atoms with van der Waals surface area (Å²) in [5, 5.41) is 7.54. The Bertz CT molecular complexity index is 1020. The second-order valence-electron chi connectivity index (χ2n) is 8.59. The fourth-order valence-corrected chi connectivity index (χ4v) is 5.23. The topological polar surface area (TPSA) is 62.8 Å². The van der Waals surface area contributed by atoms with E-state index in [1.807, 2.05) is 42.2 Å². The van der Waals surface area contributed by atoms with E-state index in [0.717, 1.165) is 72.6 Å². The van der Waals surface area contributed by atoms with E-state index in [4.69, 9.17) is 21.7 Å². The van der Waals surface area contributed by atoms with E-state index in [1.165, 1.54) is 0 Å². The van der Waals surface area contributed by atoms with Gasteiger partial charge in [-0.25, -0.2) is 0 Å². The van der Waals surface area contributed by atoms with Crippen LogP contribution in [-0.2, 0) is 10.3 Å². The van der Waals surface area contributed by atoms with Crippen LogP contribution in [0.5, 0.6) is 11.5 Å². The Labute approximate surface area is 195 Å². The number of nitrogens with one attached hydrogen (secondary N) is 2. The summed E-state index contributed by atoms with van der Waals surface area (Å²) < 4.78 is 10.9. The van der Waals surface area contributed by atoms with Crippen LogP contribution in [0.25, 0.3) is 0 Å². The van der Waals surface area contributed by atoms with Crippen LogP contribution in [0.4, 0.5) is 11.4 Å². The number of rotatable bonds is 6.